The normalized spacial score (nSPS) is 10.7. The van der Waals surface area contributed by atoms with Crippen molar-refractivity contribution in [1.82, 2.24) is 5.32 Å². The number of ether oxygens (including phenoxy) is 1. The van der Waals surface area contributed by atoms with Gasteiger partial charge in [-0.25, -0.2) is 0 Å². The summed E-state index contributed by atoms with van der Waals surface area (Å²) in [6, 6.07) is 12.5. The number of benzene rings is 2. The molecule has 0 aliphatic carbocycles. The minimum Gasteiger partial charge on any atom is -0.497 e. The summed E-state index contributed by atoms with van der Waals surface area (Å²) in [5.41, 5.74) is 1.28. The van der Waals surface area contributed by atoms with Crippen LogP contribution in [0.2, 0.25) is 0 Å². The number of carbonyl (C=O) groups excluding carboxylic acids is 1. The van der Waals surface area contributed by atoms with Crippen molar-refractivity contribution in [3.63, 3.8) is 0 Å². The SMILES string of the molecule is CCCCCNC(=O)CCCc1cccc2ccc(OC)cc12. The van der Waals surface area contributed by atoms with Crippen molar-refractivity contribution in [2.75, 3.05) is 13.7 Å². The molecule has 3 nitrogen and oxygen atoms in total. The topological polar surface area (TPSA) is 38.3 Å². The fourth-order valence-electron chi connectivity index (χ4n) is 2.79. The predicted octanol–water partition coefficient (Wildman–Crippen LogP) is 4.48. The summed E-state index contributed by atoms with van der Waals surface area (Å²) in [6.07, 6.45) is 5.80. The van der Waals surface area contributed by atoms with Gasteiger partial charge in [0.05, 0.1) is 7.11 Å². The van der Waals surface area contributed by atoms with E-state index in [-0.39, 0.29) is 5.91 Å². The van der Waals surface area contributed by atoms with Gasteiger partial charge < -0.3 is 10.1 Å². The van der Waals surface area contributed by atoms with Crippen LogP contribution >= 0.6 is 0 Å². The molecule has 0 aliphatic rings. The molecular weight excluding hydrogens is 286 g/mol. The lowest BCUT2D eigenvalue weighted by Crippen LogP contribution is -2.24. The number of rotatable bonds is 9. The zero-order valence-electron chi connectivity index (χ0n) is 14.2. The molecule has 124 valence electrons. The quantitative estimate of drug-likeness (QED) is 0.693. The highest BCUT2D eigenvalue weighted by atomic mass is 16.5. The average molecular weight is 313 g/mol. The molecule has 0 spiro atoms. The van der Waals surface area contributed by atoms with Crippen molar-refractivity contribution in [1.29, 1.82) is 0 Å². The van der Waals surface area contributed by atoms with E-state index in [0.717, 1.165) is 31.6 Å². The maximum atomic E-state index is 11.8. The summed E-state index contributed by atoms with van der Waals surface area (Å²) >= 11 is 0. The zero-order valence-corrected chi connectivity index (χ0v) is 14.2. The lowest BCUT2D eigenvalue weighted by atomic mass is 10.00. The Morgan fingerprint density at radius 3 is 2.78 bits per heavy atom. The van der Waals surface area contributed by atoms with Gasteiger partial charge in [0.15, 0.2) is 0 Å². The Balaban J connectivity index is 1.88. The highest BCUT2D eigenvalue weighted by molar-refractivity contribution is 5.87. The van der Waals surface area contributed by atoms with E-state index < -0.39 is 0 Å². The molecule has 0 fully saturated rings. The van der Waals surface area contributed by atoms with E-state index in [4.69, 9.17) is 4.74 Å². The summed E-state index contributed by atoms with van der Waals surface area (Å²) in [4.78, 5) is 11.8. The number of hydrogen-bond acceptors (Lipinski definition) is 2. The molecule has 0 bridgehead atoms. The lowest BCUT2D eigenvalue weighted by Gasteiger charge is -2.09. The van der Waals surface area contributed by atoms with Gasteiger partial charge in [0.1, 0.15) is 5.75 Å². The predicted molar refractivity (Wildman–Crippen MR) is 96.0 cm³/mol. The minimum atomic E-state index is 0.166. The van der Waals surface area contributed by atoms with Gasteiger partial charge in [-0.05, 0) is 47.7 Å². The van der Waals surface area contributed by atoms with Crippen LogP contribution in [0.1, 0.15) is 44.6 Å². The standard InChI is InChI=1S/C20H27NO2/c1-3-4-5-14-21-20(22)11-7-10-16-8-6-9-17-12-13-18(23-2)15-19(16)17/h6,8-9,12-13,15H,3-5,7,10-11,14H2,1-2H3,(H,21,22). The third-order valence-corrected chi connectivity index (χ3v) is 4.13. The van der Waals surface area contributed by atoms with E-state index in [9.17, 15) is 4.79 Å². The van der Waals surface area contributed by atoms with Crippen LogP contribution in [0.5, 0.6) is 5.75 Å². The highest BCUT2D eigenvalue weighted by Crippen LogP contribution is 2.25. The number of unbranched alkanes of at least 4 members (excludes halogenated alkanes) is 2. The van der Waals surface area contributed by atoms with Gasteiger partial charge in [0.2, 0.25) is 5.91 Å². The van der Waals surface area contributed by atoms with Crippen molar-refractivity contribution in [3.05, 3.63) is 42.0 Å². The molecule has 0 radical (unpaired) electrons. The molecule has 2 rings (SSSR count). The van der Waals surface area contributed by atoms with Crippen molar-refractivity contribution in [2.45, 2.75) is 45.4 Å². The second-order valence-electron chi connectivity index (χ2n) is 5.91. The van der Waals surface area contributed by atoms with Gasteiger partial charge in [-0.1, -0.05) is 44.0 Å². The zero-order chi connectivity index (χ0) is 16.5. The van der Waals surface area contributed by atoms with Crippen molar-refractivity contribution < 1.29 is 9.53 Å². The van der Waals surface area contributed by atoms with Gasteiger partial charge in [0, 0.05) is 13.0 Å². The first-order valence-corrected chi connectivity index (χ1v) is 8.57. The number of nitrogens with one attached hydrogen (secondary N) is 1. The Hall–Kier alpha value is -2.03. The summed E-state index contributed by atoms with van der Waals surface area (Å²) in [5, 5.41) is 5.43. The van der Waals surface area contributed by atoms with Gasteiger partial charge in [0.25, 0.3) is 0 Å². The molecule has 3 heteroatoms. The van der Waals surface area contributed by atoms with Crippen molar-refractivity contribution in [2.24, 2.45) is 0 Å². The molecule has 2 aromatic rings. The minimum absolute atomic E-state index is 0.166. The fraction of sp³-hybridized carbons (Fsp3) is 0.450. The van der Waals surface area contributed by atoms with Gasteiger partial charge in [-0.3, -0.25) is 4.79 Å². The Labute approximate surface area is 139 Å². The van der Waals surface area contributed by atoms with Crippen LogP contribution in [-0.4, -0.2) is 19.6 Å². The molecule has 0 heterocycles. The number of carbonyl (C=O) groups is 1. The van der Waals surface area contributed by atoms with Crippen LogP contribution in [0.4, 0.5) is 0 Å². The molecule has 1 amide bonds. The van der Waals surface area contributed by atoms with Gasteiger partial charge in [-0.15, -0.1) is 0 Å². The lowest BCUT2D eigenvalue weighted by molar-refractivity contribution is -0.121. The highest BCUT2D eigenvalue weighted by Gasteiger charge is 2.05. The first kappa shape index (κ1) is 17.3. The Kier molecular flexibility index (Phi) is 6.92. The average Bonchev–Trinajstić information content (AvgIpc) is 2.58. The number of methoxy groups -OCH3 is 1. The van der Waals surface area contributed by atoms with E-state index in [0.29, 0.717) is 6.42 Å². The summed E-state index contributed by atoms with van der Waals surface area (Å²) < 4.78 is 5.32. The molecule has 23 heavy (non-hydrogen) atoms. The molecule has 0 saturated carbocycles. The van der Waals surface area contributed by atoms with Crippen LogP contribution in [0.25, 0.3) is 10.8 Å². The van der Waals surface area contributed by atoms with Crippen LogP contribution in [0, 0.1) is 0 Å². The number of amides is 1. The molecule has 0 atom stereocenters. The van der Waals surface area contributed by atoms with E-state index >= 15 is 0 Å². The Morgan fingerprint density at radius 1 is 1.13 bits per heavy atom. The monoisotopic (exact) mass is 313 g/mol. The van der Waals surface area contributed by atoms with Crippen LogP contribution in [0.15, 0.2) is 36.4 Å². The first-order valence-electron chi connectivity index (χ1n) is 8.57. The first-order chi connectivity index (χ1) is 11.2. The van der Waals surface area contributed by atoms with Gasteiger partial charge >= 0.3 is 0 Å². The summed E-state index contributed by atoms with van der Waals surface area (Å²) in [5.74, 6) is 1.04. The molecule has 0 aromatic heterocycles. The van der Waals surface area contributed by atoms with E-state index in [1.807, 2.05) is 6.07 Å². The van der Waals surface area contributed by atoms with E-state index in [1.54, 1.807) is 7.11 Å². The molecule has 0 aliphatic heterocycles. The van der Waals surface area contributed by atoms with Crippen LogP contribution in [-0.2, 0) is 11.2 Å². The molecule has 1 N–H and O–H groups in total. The summed E-state index contributed by atoms with van der Waals surface area (Å²) in [6.45, 7) is 2.97. The molecular formula is C20H27NO2. The Bertz CT molecular complexity index is 637. The molecule has 2 aromatic carbocycles. The number of fused-ring (bicyclic) bond motifs is 1. The van der Waals surface area contributed by atoms with Crippen LogP contribution < -0.4 is 10.1 Å². The number of aryl methyl sites for hydroxylation is 1. The maximum absolute atomic E-state index is 11.8. The fourth-order valence-corrected chi connectivity index (χ4v) is 2.79. The summed E-state index contributed by atoms with van der Waals surface area (Å²) in [7, 11) is 1.69. The third-order valence-electron chi connectivity index (χ3n) is 4.13. The second kappa shape index (κ2) is 9.19. The van der Waals surface area contributed by atoms with Crippen LogP contribution in [0.3, 0.4) is 0 Å². The van der Waals surface area contributed by atoms with Gasteiger partial charge in [-0.2, -0.15) is 0 Å². The molecule has 0 unspecified atom stereocenters. The molecule has 0 saturated heterocycles. The largest absolute Gasteiger partial charge is 0.497 e. The van der Waals surface area contributed by atoms with Crippen molar-refractivity contribution in [3.8, 4) is 5.75 Å². The third kappa shape index (κ3) is 5.27. The smallest absolute Gasteiger partial charge is 0.220 e. The maximum Gasteiger partial charge on any atom is 0.220 e. The van der Waals surface area contributed by atoms with E-state index in [1.165, 1.54) is 29.2 Å². The second-order valence-corrected chi connectivity index (χ2v) is 5.91. The Morgan fingerprint density at radius 2 is 2.00 bits per heavy atom. The van der Waals surface area contributed by atoms with E-state index in [2.05, 4.69) is 42.6 Å². The van der Waals surface area contributed by atoms with Crippen molar-refractivity contribution >= 4 is 16.7 Å². The number of hydrogen-bond donors (Lipinski definition) is 1.